The van der Waals surface area contributed by atoms with Gasteiger partial charge >= 0.3 is 6.03 Å². The van der Waals surface area contributed by atoms with Crippen LogP contribution in [-0.4, -0.2) is 69.6 Å². The molecule has 0 spiro atoms. The fourth-order valence-electron chi connectivity index (χ4n) is 4.44. The summed E-state index contributed by atoms with van der Waals surface area (Å²) in [6, 6.07) is 8.14. The van der Waals surface area contributed by atoms with E-state index < -0.39 is 0 Å². The van der Waals surface area contributed by atoms with Crippen LogP contribution in [0.1, 0.15) is 31.2 Å². The first-order valence-electron chi connectivity index (χ1n) is 12.1. The monoisotopic (exact) mass is 477 g/mol. The highest BCUT2D eigenvalue weighted by atomic mass is 16.2. The molecule has 2 aliphatic rings. The van der Waals surface area contributed by atoms with Crippen LogP contribution >= 0.6 is 0 Å². The van der Waals surface area contributed by atoms with Gasteiger partial charge in [0, 0.05) is 38.3 Å². The van der Waals surface area contributed by atoms with Crippen LogP contribution in [0.3, 0.4) is 0 Å². The van der Waals surface area contributed by atoms with Gasteiger partial charge in [0.2, 0.25) is 11.9 Å². The topological polar surface area (TPSA) is 129 Å². The minimum Gasteiger partial charge on any atom is -0.371 e. The second-order valence-electron chi connectivity index (χ2n) is 9.15. The van der Waals surface area contributed by atoms with E-state index in [1.807, 2.05) is 12.1 Å². The molecule has 2 aromatic heterocycles. The van der Waals surface area contributed by atoms with Gasteiger partial charge in [-0.15, -0.1) is 0 Å². The molecule has 184 valence electrons. The predicted octanol–water partition coefficient (Wildman–Crippen LogP) is 2.29. The standard InChI is InChI=1S/C24H31N9O2/c1-25-20-19-21(33(14-27-19)24(35)29-17-6-7-17)31-23(30-20)28-18-5-3-4-15(12-18)13-32-10-8-16(9-11-32)22(34)26-2/h3-5,12,14,16-17H,6-11,13H2,1-2H3,(H,26,34)(H,29,35)(H2,25,28,30,31). The third-order valence-corrected chi connectivity index (χ3v) is 6.55. The Morgan fingerprint density at radius 3 is 2.60 bits per heavy atom. The third kappa shape index (κ3) is 5.19. The minimum atomic E-state index is -0.233. The van der Waals surface area contributed by atoms with Gasteiger partial charge in [-0.3, -0.25) is 9.69 Å². The first kappa shape index (κ1) is 23.0. The maximum Gasteiger partial charge on any atom is 0.328 e. The zero-order chi connectivity index (χ0) is 24.4. The van der Waals surface area contributed by atoms with Crippen molar-refractivity contribution in [1.82, 2.24) is 35.1 Å². The summed E-state index contributed by atoms with van der Waals surface area (Å²) in [5.41, 5.74) is 3.01. The summed E-state index contributed by atoms with van der Waals surface area (Å²) in [5, 5.41) is 12.1. The van der Waals surface area contributed by atoms with Crippen molar-refractivity contribution in [3.8, 4) is 0 Å². The Bertz CT molecular complexity index is 1230. The molecule has 0 bridgehead atoms. The highest BCUT2D eigenvalue weighted by Crippen LogP contribution is 2.25. The molecule has 1 saturated heterocycles. The Morgan fingerprint density at radius 1 is 1.09 bits per heavy atom. The van der Waals surface area contributed by atoms with Gasteiger partial charge in [-0.25, -0.2) is 14.3 Å². The van der Waals surface area contributed by atoms with Crippen LogP contribution in [0.4, 0.5) is 22.2 Å². The smallest absolute Gasteiger partial charge is 0.328 e. The summed E-state index contributed by atoms with van der Waals surface area (Å²) >= 11 is 0. The second kappa shape index (κ2) is 9.87. The zero-order valence-electron chi connectivity index (χ0n) is 20.0. The van der Waals surface area contributed by atoms with Crippen LogP contribution in [0.25, 0.3) is 11.2 Å². The molecule has 35 heavy (non-hydrogen) atoms. The Hall–Kier alpha value is -3.73. The highest BCUT2D eigenvalue weighted by Gasteiger charge is 2.26. The molecule has 0 unspecified atom stereocenters. The van der Waals surface area contributed by atoms with Gasteiger partial charge in [0.25, 0.3) is 0 Å². The molecule has 1 aliphatic carbocycles. The summed E-state index contributed by atoms with van der Waals surface area (Å²) in [7, 11) is 3.47. The van der Waals surface area contributed by atoms with Gasteiger partial charge < -0.3 is 21.3 Å². The lowest BCUT2D eigenvalue weighted by Gasteiger charge is -2.31. The Morgan fingerprint density at radius 2 is 1.89 bits per heavy atom. The molecule has 5 rings (SSSR count). The van der Waals surface area contributed by atoms with Crippen LogP contribution in [-0.2, 0) is 11.3 Å². The summed E-state index contributed by atoms with van der Waals surface area (Å²) in [4.78, 5) is 40.4. The summed E-state index contributed by atoms with van der Waals surface area (Å²) in [5.74, 6) is 1.18. The normalized spacial score (nSPS) is 16.7. The number of rotatable bonds is 7. The van der Waals surface area contributed by atoms with Crippen LogP contribution in [0, 0.1) is 5.92 Å². The van der Waals surface area contributed by atoms with Crippen molar-refractivity contribution in [2.75, 3.05) is 37.8 Å². The molecule has 2 fully saturated rings. The van der Waals surface area contributed by atoms with E-state index in [2.05, 4.69) is 53.3 Å². The maximum absolute atomic E-state index is 12.6. The van der Waals surface area contributed by atoms with Crippen molar-refractivity contribution in [1.29, 1.82) is 0 Å². The number of nitrogens with one attached hydrogen (secondary N) is 4. The lowest BCUT2D eigenvalue weighted by molar-refractivity contribution is -0.125. The average molecular weight is 478 g/mol. The number of hydrogen-bond acceptors (Lipinski definition) is 8. The van der Waals surface area contributed by atoms with E-state index in [1.165, 1.54) is 10.9 Å². The molecule has 11 heteroatoms. The summed E-state index contributed by atoms with van der Waals surface area (Å²) < 4.78 is 1.43. The van der Waals surface area contributed by atoms with Gasteiger partial charge in [0.05, 0.1) is 0 Å². The van der Waals surface area contributed by atoms with Gasteiger partial charge in [-0.05, 0) is 56.5 Å². The van der Waals surface area contributed by atoms with E-state index >= 15 is 0 Å². The SMILES string of the molecule is CNC(=O)C1CCN(Cc2cccc(Nc3nc(NC)c4ncn(C(=O)NC5CC5)c4n3)c2)CC1. The van der Waals surface area contributed by atoms with Crippen molar-refractivity contribution in [2.24, 2.45) is 5.92 Å². The Labute approximate surface area is 203 Å². The quantitative estimate of drug-likeness (QED) is 0.408. The number of carbonyl (C=O) groups excluding carboxylic acids is 2. The molecule has 0 radical (unpaired) electrons. The molecule has 2 amide bonds. The number of aromatic nitrogens is 4. The predicted molar refractivity (Wildman–Crippen MR) is 134 cm³/mol. The first-order valence-corrected chi connectivity index (χ1v) is 12.1. The van der Waals surface area contributed by atoms with E-state index in [-0.39, 0.29) is 23.9 Å². The highest BCUT2D eigenvalue weighted by molar-refractivity contribution is 5.92. The van der Waals surface area contributed by atoms with E-state index in [9.17, 15) is 9.59 Å². The number of anilines is 3. The number of piperidine rings is 1. The Balaban J connectivity index is 1.30. The molecular weight excluding hydrogens is 446 g/mol. The minimum absolute atomic E-state index is 0.109. The number of amides is 2. The molecule has 11 nitrogen and oxygen atoms in total. The molecule has 0 atom stereocenters. The summed E-state index contributed by atoms with van der Waals surface area (Å²) in [6.45, 7) is 2.60. The van der Waals surface area contributed by atoms with Crippen molar-refractivity contribution in [3.63, 3.8) is 0 Å². The Kier molecular flexibility index (Phi) is 6.49. The third-order valence-electron chi connectivity index (χ3n) is 6.55. The molecule has 4 N–H and O–H groups in total. The van der Waals surface area contributed by atoms with Crippen molar-refractivity contribution < 1.29 is 9.59 Å². The average Bonchev–Trinajstić information content (AvgIpc) is 3.58. The summed E-state index contributed by atoms with van der Waals surface area (Å²) in [6.07, 6.45) is 5.24. The van der Waals surface area contributed by atoms with Crippen LogP contribution in [0.2, 0.25) is 0 Å². The fraction of sp³-hybridized carbons (Fsp3) is 0.458. The van der Waals surface area contributed by atoms with Crippen molar-refractivity contribution in [3.05, 3.63) is 36.2 Å². The molecule has 3 aromatic rings. The number of carbonyl (C=O) groups is 2. The molecule has 1 saturated carbocycles. The van der Waals surface area contributed by atoms with E-state index in [4.69, 9.17) is 0 Å². The lowest BCUT2D eigenvalue weighted by Crippen LogP contribution is -2.39. The van der Waals surface area contributed by atoms with E-state index in [1.54, 1.807) is 14.1 Å². The maximum atomic E-state index is 12.6. The number of imidazole rings is 1. The van der Waals surface area contributed by atoms with E-state index in [0.717, 1.165) is 56.6 Å². The van der Waals surface area contributed by atoms with Gasteiger partial charge in [-0.2, -0.15) is 9.97 Å². The zero-order valence-corrected chi connectivity index (χ0v) is 20.0. The van der Waals surface area contributed by atoms with E-state index in [0.29, 0.717) is 22.9 Å². The molecule has 1 aromatic carbocycles. The largest absolute Gasteiger partial charge is 0.371 e. The first-order chi connectivity index (χ1) is 17.0. The number of fused-ring (bicyclic) bond motifs is 1. The van der Waals surface area contributed by atoms with Crippen molar-refractivity contribution >= 4 is 40.6 Å². The molecule has 3 heterocycles. The second-order valence-corrected chi connectivity index (χ2v) is 9.15. The fourth-order valence-corrected chi connectivity index (χ4v) is 4.44. The van der Waals surface area contributed by atoms with Gasteiger partial charge in [0.15, 0.2) is 17.0 Å². The number of hydrogen-bond donors (Lipinski definition) is 4. The lowest BCUT2D eigenvalue weighted by atomic mass is 9.95. The van der Waals surface area contributed by atoms with Crippen LogP contribution in [0.15, 0.2) is 30.6 Å². The molecule has 1 aliphatic heterocycles. The molecular formula is C24H31N9O2. The van der Waals surface area contributed by atoms with Crippen molar-refractivity contribution in [2.45, 2.75) is 38.3 Å². The van der Waals surface area contributed by atoms with Gasteiger partial charge in [0.1, 0.15) is 6.33 Å². The number of benzene rings is 1. The van der Waals surface area contributed by atoms with Crippen LogP contribution in [0.5, 0.6) is 0 Å². The number of likely N-dealkylation sites (tertiary alicyclic amines) is 1. The van der Waals surface area contributed by atoms with Crippen LogP contribution < -0.4 is 21.3 Å². The number of nitrogens with zero attached hydrogens (tertiary/aromatic N) is 5. The van der Waals surface area contributed by atoms with Gasteiger partial charge in [-0.1, -0.05) is 12.1 Å².